The molecule has 0 unspecified atom stereocenters. The first-order chi connectivity index (χ1) is 12.3. The number of hydrogen-bond donors (Lipinski definition) is 0. The van der Waals surface area contributed by atoms with Crippen LogP contribution in [0.15, 0.2) is 40.9 Å². The van der Waals surface area contributed by atoms with Gasteiger partial charge in [0.25, 0.3) is 0 Å². The minimum absolute atomic E-state index is 0.207. The van der Waals surface area contributed by atoms with Crippen LogP contribution in [-0.2, 0) is 9.53 Å². The third kappa shape index (κ3) is 5.90. The van der Waals surface area contributed by atoms with E-state index in [1.807, 2.05) is 0 Å². The zero-order valence-electron chi connectivity index (χ0n) is 13.9. The molecule has 0 aliphatic heterocycles. The van der Waals surface area contributed by atoms with Gasteiger partial charge in [-0.1, -0.05) is 29.3 Å². The SMILES string of the molecule is CC(C)OC(=O)c1cccc(OC(=O)COc2c(Cl)cc(Cl)cc2Br)c1. The Bertz CT molecular complexity index is 800. The number of hydrogen-bond acceptors (Lipinski definition) is 5. The molecule has 0 saturated heterocycles. The molecule has 5 nitrogen and oxygen atoms in total. The van der Waals surface area contributed by atoms with Crippen LogP contribution in [0.2, 0.25) is 10.0 Å². The number of halogens is 3. The average Bonchev–Trinajstić information content (AvgIpc) is 2.53. The van der Waals surface area contributed by atoms with Crippen LogP contribution in [0.4, 0.5) is 0 Å². The predicted octanol–water partition coefficient (Wildman–Crippen LogP) is 5.31. The second kappa shape index (κ2) is 9.26. The minimum atomic E-state index is -0.655. The first-order valence-corrected chi connectivity index (χ1v) is 9.10. The summed E-state index contributed by atoms with van der Waals surface area (Å²) in [6, 6.07) is 9.23. The van der Waals surface area contributed by atoms with Crippen molar-refractivity contribution in [3.05, 3.63) is 56.5 Å². The second-order valence-corrected chi connectivity index (χ2v) is 7.14. The van der Waals surface area contributed by atoms with Crippen molar-refractivity contribution >= 4 is 51.1 Å². The summed E-state index contributed by atoms with van der Waals surface area (Å²) in [6.45, 7) is 3.12. The predicted molar refractivity (Wildman–Crippen MR) is 102 cm³/mol. The quantitative estimate of drug-likeness (QED) is 0.431. The summed E-state index contributed by atoms with van der Waals surface area (Å²) in [6.07, 6.45) is -0.246. The lowest BCUT2D eigenvalue weighted by Crippen LogP contribution is -2.18. The zero-order chi connectivity index (χ0) is 19.3. The molecule has 0 fully saturated rings. The Morgan fingerprint density at radius 2 is 1.88 bits per heavy atom. The van der Waals surface area contributed by atoms with Crippen molar-refractivity contribution in [3.63, 3.8) is 0 Å². The summed E-state index contributed by atoms with van der Waals surface area (Å²) in [4.78, 5) is 23.9. The van der Waals surface area contributed by atoms with E-state index in [9.17, 15) is 9.59 Å². The van der Waals surface area contributed by atoms with E-state index in [-0.39, 0.29) is 34.8 Å². The molecule has 0 saturated carbocycles. The van der Waals surface area contributed by atoms with Crippen LogP contribution in [-0.4, -0.2) is 24.6 Å². The Labute approximate surface area is 169 Å². The summed E-state index contributed by atoms with van der Waals surface area (Å²) < 4.78 is 16.2. The van der Waals surface area contributed by atoms with Crippen molar-refractivity contribution < 1.29 is 23.8 Å². The monoisotopic (exact) mass is 460 g/mol. The first kappa shape index (κ1) is 20.6. The third-order valence-corrected chi connectivity index (χ3v) is 4.03. The van der Waals surface area contributed by atoms with E-state index in [1.165, 1.54) is 12.1 Å². The lowest BCUT2D eigenvalue weighted by Gasteiger charge is -2.11. The molecule has 26 heavy (non-hydrogen) atoms. The summed E-state index contributed by atoms with van der Waals surface area (Å²) in [5.74, 6) is -0.663. The van der Waals surface area contributed by atoms with Crippen LogP contribution in [0, 0.1) is 0 Å². The molecule has 0 radical (unpaired) electrons. The molecule has 0 atom stereocenters. The minimum Gasteiger partial charge on any atom is -0.479 e. The standard InChI is InChI=1S/C18H15BrCl2O5/c1-10(2)25-18(23)11-4-3-5-13(6-11)26-16(22)9-24-17-14(19)7-12(20)8-15(17)21/h3-8,10H,9H2,1-2H3. The maximum absolute atomic E-state index is 12.0. The van der Waals surface area contributed by atoms with E-state index in [2.05, 4.69) is 15.9 Å². The highest BCUT2D eigenvalue weighted by atomic mass is 79.9. The molecule has 0 heterocycles. The fourth-order valence-electron chi connectivity index (χ4n) is 1.93. The van der Waals surface area contributed by atoms with Crippen molar-refractivity contribution in [1.82, 2.24) is 0 Å². The molecule has 2 aromatic rings. The van der Waals surface area contributed by atoms with Gasteiger partial charge >= 0.3 is 11.9 Å². The number of benzene rings is 2. The highest BCUT2D eigenvalue weighted by Gasteiger charge is 2.14. The molecule has 0 aromatic heterocycles. The summed E-state index contributed by atoms with van der Waals surface area (Å²) in [5.41, 5.74) is 0.286. The Morgan fingerprint density at radius 3 is 2.54 bits per heavy atom. The molecule has 0 aliphatic rings. The summed E-state index contributed by atoms with van der Waals surface area (Å²) in [5, 5.41) is 0.692. The van der Waals surface area contributed by atoms with Gasteiger partial charge < -0.3 is 14.2 Å². The average molecular weight is 462 g/mol. The number of ether oxygens (including phenoxy) is 3. The third-order valence-electron chi connectivity index (χ3n) is 2.94. The number of carbonyl (C=O) groups is 2. The highest BCUT2D eigenvalue weighted by Crippen LogP contribution is 2.36. The zero-order valence-corrected chi connectivity index (χ0v) is 17.0. The molecule has 138 valence electrons. The summed E-state index contributed by atoms with van der Waals surface area (Å²) in [7, 11) is 0. The Hall–Kier alpha value is -1.76. The van der Waals surface area contributed by atoms with Crippen molar-refractivity contribution in [2.45, 2.75) is 20.0 Å². The van der Waals surface area contributed by atoms with E-state index < -0.39 is 11.9 Å². The van der Waals surface area contributed by atoms with Gasteiger partial charge in [0.15, 0.2) is 12.4 Å². The molecular formula is C18H15BrCl2O5. The Morgan fingerprint density at radius 1 is 1.15 bits per heavy atom. The van der Waals surface area contributed by atoms with Crippen LogP contribution < -0.4 is 9.47 Å². The molecule has 0 bridgehead atoms. The van der Waals surface area contributed by atoms with Crippen molar-refractivity contribution in [1.29, 1.82) is 0 Å². The van der Waals surface area contributed by atoms with E-state index in [0.29, 0.717) is 9.50 Å². The molecular weight excluding hydrogens is 447 g/mol. The van der Waals surface area contributed by atoms with Gasteiger partial charge in [-0.15, -0.1) is 0 Å². The lowest BCUT2D eigenvalue weighted by atomic mass is 10.2. The number of carbonyl (C=O) groups excluding carboxylic acids is 2. The van der Waals surface area contributed by atoms with E-state index in [1.54, 1.807) is 38.1 Å². The van der Waals surface area contributed by atoms with Gasteiger partial charge in [-0.2, -0.15) is 0 Å². The van der Waals surface area contributed by atoms with E-state index in [0.717, 1.165) is 0 Å². The molecule has 0 N–H and O–H groups in total. The molecule has 0 aliphatic carbocycles. The molecule has 0 amide bonds. The largest absolute Gasteiger partial charge is 0.479 e. The summed E-state index contributed by atoms with van der Waals surface area (Å²) >= 11 is 15.2. The van der Waals surface area contributed by atoms with E-state index in [4.69, 9.17) is 37.4 Å². The fraction of sp³-hybridized carbons (Fsp3) is 0.222. The normalized spacial score (nSPS) is 10.5. The highest BCUT2D eigenvalue weighted by molar-refractivity contribution is 9.10. The maximum Gasteiger partial charge on any atom is 0.349 e. The van der Waals surface area contributed by atoms with Gasteiger partial charge in [0.2, 0.25) is 0 Å². The van der Waals surface area contributed by atoms with Crippen molar-refractivity contribution in [3.8, 4) is 11.5 Å². The van der Waals surface area contributed by atoms with Crippen LogP contribution in [0.5, 0.6) is 11.5 Å². The van der Waals surface area contributed by atoms with Crippen LogP contribution in [0.25, 0.3) is 0 Å². The lowest BCUT2D eigenvalue weighted by molar-refractivity contribution is -0.136. The van der Waals surface area contributed by atoms with Crippen molar-refractivity contribution in [2.75, 3.05) is 6.61 Å². The molecule has 2 aromatic carbocycles. The van der Waals surface area contributed by atoms with Gasteiger partial charge in [0, 0.05) is 5.02 Å². The van der Waals surface area contributed by atoms with Crippen LogP contribution in [0.3, 0.4) is 0 Å². The molecule has 2 rings (SSSR count). The first-order valence-electron chi connectivity index (χ1n) is 7.55. The Balaban J connectivity index is 1.99. The van der Waals surface area contributed by atoms with Gasteiger partial charge in [0.05, 0.1) is 21.2 Å². The number of esters is 2. The van der Waals surface area contributed by atoms with E-state index >= 15 is 0 Å². The fourth-order valence-corrected chi connectivity index (χ4v) is 3.30. The second-order valence-electron chi connectivity index (χ2n) is 5.44. The van der Waals surface area contributed by atoms with Gasteiger partial charge in [0.1, 0.15) is 5.75 Å². The Kier molecular flexibility index (Phi) is 7.32. The van der Waals surface area contributed by atoms with Crippen LogP contribution in [0.1, 0.15) is 24.2 Å². The van der Waals surface area contributed by atoms with Gasteiger partial charge in [-0.25, -0.2) is 9.59 Å². The van der Waals surface area contributed by atoms with Gasteiger partial charge in [-0.3, -0.25) is 0 Å². The van der Waals surface area contributed by atoms with Gasteiger partial charge in [-0.05, 0) is 60.1 Å². The number of rotatable bonds is 6. The van der Waals surface area contributed by atoms with Crippen LogP contribution >= 0.6 is 39.1 Å². The smallest absolute Gasteiger partial charge is 0.349 e. The topological polar surface area (TPSA) is 61.8 Å². The maximum atomic E-state index is 12.0. The molecule has 8 heteroatoms. The van der Waals surface area contributed by atoms with Crippen molar-refractivity contribution in [2.24, 2.45) is 0 Å². The molecule has 0 spiro atoms.